The average molecular weight is 326 g/mol. The highest BCUT2D eigenvalue weighted by Crippen LogP contribution is 2.27. The lowest BCUT2D eigenvalue weighted by Crippen LogP contribution is -2.39. The van der Waals surface area contributed by atoms with Crippen LogP contribution in [0.2, 0.25) is 0 Å². The molecule has 0 spiro atoms. The third-order valence-electron chi connectivity index (χ3n) is 2.87. The predicted molar refractivity (Wildman–Crippen MR) is 77.1 cm³/mol. The van der Waals surface area contributed by atoms with Crippen LogP contribution in [0.5, 0.6) is 0 Å². The fraction of sp³-hybridized carbons (Fsp3) is 0.286. The maximum atomic E-state index is 11.8. The number of halogens is 1. The van der Waals surface area contributed by atoms with Gasteiger partial charge in [0.1, 0.15) is 0 Å². The molecule has 0 heterocycles. The van der Waals surface area contributed by atoms with Crippen molar-refractivity contribution in [2.24, 2.45) is 0 Å². The molecule has 0 radical (unpaired) electrons. The summed E-state index contributed by atoms with van der Waals surface area (Å²) in [7, 11) is 0. The number of amides is 1. The van der Waals surface area contributed by atoms with Crippen molar-refractivity contribution in [1.29, 1.82) is 0 Å². The Kier molecular flexibility index (Phi) is 5.30. The summed E-state index contributed by atoms with van der Waals surface area (Å²) in [6.07, 6.45) is -0.118. The monoisotopic (exact) mass is 325 g/mol. The molecule has 1 amide bonds. The van der Waals surface area contributed by atoms with Crippen LogP contribution in [-0.4, -0.2) is 23.5 Å². The molecule has 5 heteroatoms. The molecule has 102 valence electrons. The second kappa shape index (κ2) is 6.52. The number of carbonyl (C=O) groups excluding carboxylic acids is 1. The van der Waals surface area contributed by atoms with Gasteiger partial charge in [-0.05, 0) is 12.5 Å². The zero-order valence-corrected chi connectivity index (χ0v) is 12.2. The number of carboxylic acid groups (broad SMARTS) is 1. The van der Waals surface area contributed by atoms with Crippen molar-refractivity contribution in [3.05, 3.63) is 47.0 Å². The minimum absolute atomic E-state index is 0.118. The van der Waals surface area contributed by atoms with Crippen LogP contribution in [-0.2, 0) is 15.0 Å². The first kappa shape index (κ1) is 15.4. The van der Waals surface area contributed by atoms with E-state index in [1.54, 1.807) is 37.3 Å². The average Bonchev–Trinajstić information content (AvgIpc) is 2.37. The molecule has 0 aromatic heterocycles. The van der Waals surface area contributed by atoms with Gasteiger partial charge in [-0.1, -0.05) is 52.8 Å². The van der Waals surface area contributed by atoms with Gasteiger partial charge >= 0.3 is 5.97 Å². The number of nitrogens with one attached hydrogen (secondary N) is 1. The Labute approximate surface area is 120 Å². The zero-order chi connectivity index (χ0) is 14.5. The lowest BCUT2D eigenvalue weighted by molar-refractivity contribution is -0.145. The topological polar surface area (TPSA) is 66.4 Å². The Balaban J connectivity index is 2.87. The molecule has 1 aromatic rings. The fourth-order valence-corrected chi connectivity index (χ4v) is 1.83. The standard InChI is InChI=1S/C14H16BrNO3/c1-10(15)9-16-12(17)8-14(2,13(18)19)11-6-4-3-5-7-11/h3-7H,1,8-9H2,2H3,(H,16,17)(H,18,19). The highest BCUT2D eigenvalue weighted by molar-refractivity contribution is 9.11. The Morgan fingerprint density at radius 1 is 1.37 bits per heavy atom. The van der Waals surface area contributed by atoms with E-state index in [1.165, 1.54) is 0 Å². The van der Waals surface area contributed by atoms with Crippen molar-refractivity contribution >= 4 is 27.8 Å². The van der Waals surface area contributed by atoms with Crippen LogP contribution in [0.4, 0.5) is 0 Å². The van der Waals surface area contributed by atoms with E-state index in [1.807, 2.05) is 0 Å². The minimum Gasteiger partial charge on any atom is -0.481 e. The smallest absolute Gasteiger partial charge is 0.314 e. The van der Waals surface area contributed by atoms with Gasteiger partial charge in [0.2, 0.25) is 5.91 Å². The molecule has 2 N–H and O–H groups in total. The first-order valence-electron chi connectivity index (χ1n) is 5.75. The molecule has 4 nitrogen and oxygen atoms in total. The maximum Gasteiger partial charge on any atom is 0.314 e. The number of rotatable bonds is 6. The van der Waals surface area contributed by atoms with Crippen molar-refractivity contribution in [3.8, 4) is 0 Å². The van der Waals surface area contributed by atoms with Crippen LogP contribution < -0.4 is 5.32 Å². The van der Waals surface area contributed by atoms with Crippen molar-refractivity contribution < 1.29 is 14.7 Å². The van der Waals surface area contributed by atoms with E-state index in [0.717, 1.165) is 0 Å². The number of benzene rings is 1. The highest BCUT2D eigenvalue weighted by Gasteiger charge is 2.37. The first-order valence-corrected chi connectivity index (χ1v) is 6.54. The Morgan fingerprint density at radius 2 is 1.95 bits per heavy atom. The van der Waals surface area contributed by atoms with Gasteiger partial charge in [-0.3, -0.25) is 9.59 Å². The molecule has 1 atom stereocenters. The van der Waals surface area contributed by atoms with E-state index in [2.05, 4.69) is 27.8 Å². The van der Waals surface area contributed by atoms with E-state index in [0.29, 0.717) is 10.0 Å². The minimum atomic E-state index is -1.24. The molecule has 0 fully saturated rings. The Bertz CT molecular complexity index is 487. The van der Waals surface area contributed by atoms with Crippen LogP contribution in [0.1, 0.15) is 18.9 Å². The van der Waals surface area contributed by atoms with Crippen molar-refractivity contribution in [3.63, 3.8) is 0 Å². The van der Waals surface area contributed by atoms with Crippen molar-refractivity contribution in [2.75, 3.05) is 6.54 Å². The van der Waals surface area contributed by atoms with Crippen molar-refractivity contribution in [1.82, 2.24) is 5.32 Å². The highest BCUT2D eigenvalue weighted by atomic mass is 79.9. The van der Waals surface area contributed by atoms with Crippen LogP contribution >= 0.6 is 15.9 Å². The molecule has 0 aliphatic heterocycles. The summed E-state index contributed by atoms with van der Waals surface area (Å²) >= 11 is 3.13. The van der Waals surface area contributed by atoms with Crippen LogP contribution in [0.3, 0.4) is 0 Å². The van der Waals surface area contributed by atoms with Crippen molar-refractivity contribution in [2.45, 2.75) is 18.8 Å². The summed E-state index contributed by atoms with van der Waals surface area (Å²) in [5, 5.41) is 12.0. The van der Waals surface area contributed by atoms with E-state index >= 15 is 0 Å². The number of carbonyl (C=O) groups is 2. The number of hydrogen-bond acceptors (Lipinski definition) is 2. The number of hydrogen-bond donors (Lipinski definition) is 2. The summed E-state index contributed by atoms with van der Waals surface area (Å²) in [6, 6.07) is 8.75. The van der Waals surface area contributed by atoms with Crippen LogP contribution in [0.15, 0.2) is 41.4 Å². The predicted octanol–water partition coefficient (Wildman–Crippen LogP) is 2.44. The normalized spacial score (nSPS) is 13.4. The molecular formula is C14H16BrNO3. The van der Waals surface area contributed by atoms with Crippen LogP contribution in [0, 0.1) is 0 Å². The van der Waals surface area contributed by atoms with Gasteiger partial charge in [-0.25, -0.2) is 0 Å². The van der Waals surface area contributed by atoms with Gasteiger partial charge in [0.05, 0.1) is 5.41 Å². The maximum absolute atomic E-state index is 11.8. The SMILES string of the molecule is C=C(Br)CNC(=O)CC(C)(C(=O)O)c1ccccc1. The Morgan fingerprint density at radius 3 is 2.42 bits per heavy atom. The van der Waals surface area contributed by atoms with Gasteiger partial charge in [0, 0.05) is 17.4 Å². The third-order valence-corrected chi connectivity index (χ3v) is 3.15. The molecule has 1 unspecified atom stereocenters. The first-order chi connectivity index (χ1) is 8.86. The van der Waals surface area contributed by atoms with Gasteiger partial charge in [-0.2, -0.15) is 0 Å². The summed E-state index contributed by atoms with van der Waals surface area (Å²) in [6.45, 7) is 5.43. The molecule has 1 rings (SSSR count). The quantitative estimate of drug-likeness (QED) is 0.844. The van der Waals surface area contributed by atoms with Gasteiger partial charge in [-0.15, -0.1) is 0 Å². The lowest BCUT2D eigenvalue weighted by Gasteiger charge is -2.24. The lowest BCUT2D eigenvalue weighted by atomic mass is 9.79. The van der Waals surface area contributed by atoms with E-state index < -0.39 is 11.4 Å². The summed E-state index contributed by atoms with van der Waals surface area (Å²) in [5.41, 5.74) is -0.630. The molecule has 0 saturated carbocycles. The molecule has 19 heavy (non-hydrogen) atoms. The molecule has 0 bridgehead atoms. The zero-order valence-electron chi connectivity index (χ0n) is 10.6. The fourth-order valence-electron chi connectivity index (χ4n) is 1.69. The largest absolute Gasteiger partial charge is 0.481 e. The second-order valence-corrected chi connectivity index (χ2v) is 5.60. The second-order valence-electron chi connectivity index (χ2n) is 4.47. The molecular weight excluding hydrogens is 310 g/mol. The summed E-state index contributed by atoms with van der Waals surface area (Å²) in [4.78, 5) is 23.3. The summed E-state index contributed by atoms with van der Waals surface area (Å²) < 4.78 is 0.637. The molecule has 0 aliphatic carbocycles. The number of carboxylic acids is 1. The third kappa shape index (κ3) is 4.21. The van der Waals surface area contributed by atoms with E-state index in [9.17, 15) is 14.7 Å². The van der Waals surface area contributed by atoms with Gasteiger partial charge in [0.15, 0.2) is 0 Å². The Hall–Kier alpha value is -1.62. The number of aliphatic carboxylic acids is 1. The molecule has 1 aromatic carbocycles. The molecule has 0 aliphatic rings. The van der Waals surface area contributed by atoms with Gasteiger partial charge in [0.25, 0.3) is 0 Å². The van der Waals surface area contributed by atoms with E-state index in [-0.39, 0.29) is 18.9 Å². The summed E-state index contributed by atoms with van der Waals surface area (Å²) in [5.74, 6) is -1.35. The van der Waals surface area contributed by atoms with Crippen LogP contribution in [0.25, 0.3) is 0 Å². The molecule has 0 saturated heterocycles. The van der Waals surface area contributed by atoms with Gasteiger partial charge < -0.3 is 10.4 Å². The van der Waals surface area contributed by atoms with E-state index in [4.69, 9.17) is 0 Å².